The van der Waals surface area contributed by atoms with Crippen LogP contribution in [0, 0.1) is 5.41 Å². The van der Waals surface area contributed by atoms with Crippen molar-refractivity contribution >= 4 is 0 Å². The predicted molar refractivity (Wildman–Crippen MR) is 29.2 cm³/mol. The lowest BCUT2D eigenvalue weighted by Crippen LogP contribution is -2.14. The van der Waals surface area contributed by atoms with Crippen LogP contribution in [0.25, 0.3) is 0 Å². The van der Waals surface area contributed by atoms with Crippen LogP contribution in [0.3, 0.4) is 0 Å². The van der Waals surface area contributed by atoms with Crippen molar-refractivity contribution in [3.05, 3.63) is 0 Å². The molecule has 0 aromatic heterocycles. The highest BCUT2D eigenvalue weighted by atomic mass is 19.2. The maximum Gasteiger partial charge on any atom is 0.226 e. The first-order valence-electron chi connectivity index (χ1n) is 2.81. The second-order valence-electron chi connectivity index (χ2n) is 3.27. The van der Waals surface area contributed by atoms with Crippen molar-refractivity contribution in [3.8, 4) is 0 Å². The number of rotatable bonds is 0. The molecule has 0 amide bonds. The molecule has 0 saturated carbocycles. The number of hydrogen-bond donors (Lipinski definition) is 0. The summed E-state index contributed by atoms with van der Waals surface area (Å²) in [6, 6.07) is 0. The van der Waals surface area contributed by atoms with Gasteiger partial charge in [-0.05, 0) is 5.41 Å². The van der Waals surface area contributed by atoms with Crippen LogP contribution in [0.4, 0.5) is 4.39 Å². The lowest BCUT2D eigenvalue weighted by Gasteiger charge is -2.12. The van der Waals surface area contributed by atoms with Gasteiger partial charge in [0.2, 0.25) is 6.36 Å². The number of halogens is 1. The van der Waals surface area contributed by atoms with Gasteiger partial charge in [-0.25, -0.2) is 4.39 Å². The van der Waals surface area contributed by atoms with Crippen LogP contribution < -0.4 is 0 Å². The Bertz CT molecular complexity index is 95.2. The monoisotopic (exact) mass is 118 g/mol. The van der Waals surface area contributed by atoms with Gasteiger partial charge in [-0.2, -0.15) is 0 Å². The van der Waals surface area contributed by atoms with Gasteiger partial charge in [-0.1, -0.05) is 20.8 Å². The van der Waals surface area contributed by atoms with Gasteiger partial charge in [-0.3, -0.25) is 0 Å². The molecule has 1 nitrogen and oxygen atoms in total. The average molecular weight is 118 g/mol. The molecule has 0 radical (unpaired) electrons. The van der Waals surface area contributed by atoms with Crippen molar-refractivity contribution in [2.75, 3.05) is 0 Å². The van der Waals surface area contributed by atoms with Gasteiger partial charge in [0.25, 0.3) is 0 Å². The first-order valence-corrected chi connectivity index (χ1v) is 2.81. The molecule has 0 spiro atoms. The third-order valence-electron chi connectivity index (χ3n) is 1.29. The minimum absolute atomic E-state index is 0.0145. The second kappa shape index (κ2) is 1.44. The molecule has 1 heterocycles. The van der Waals surface area contributed by atoms with E-state index in [0.717, 1.165) is 0 Å². The molecule has 1 rings (SSSR count). The fourth-order valence-corrected chi connectivity index (χ4v) is 0.692. The van der Waals surface area contributed by atoms with E-state index in [9.17, 15) is 4.39 Å². The third-order valence-corrected chi connectivity index (χ3v) is 1.29. The molecule has 0 aromatic rings. The van der Waals surface area contributed by atoms with E-state index >= 15 is 0 Å². The van der Waals surface area contributed by atoms with Crippen LogP contribution in [0.1, 0.15) is 20.8 Å². The highest BCUT2D eigenvalue weighted by Crippen LogP contribution is 2.38. The Morgan fingerprint density at radius 2 is 1.75 bits per heavy atom. The van der Waals surface area contributed by atoms with Gasteiger partial charge >= 0.3 is 0 Å². The molecule has 8 heavy (non-hydrogen) atoms. The van der Waals surface area contributed by atoms with E-state index < -0.39 is 6.36 Å². The van der Waals surface area contributed by atoms with Crippen molar-refractivity contribution in [1.82, 2.24) is 0 Å². The lowest BCUT2D eigenvalue weighted by molar-refractivity contribution is 0.235. The van der Waals surface area contributed by atoms with Gasteiger partial charge in [0.1, 0.15) is 6.10 Å². The summed E-state index contributed by atoms with van der Waals surface area (Å²) >= 11 is 0. The molecule has 1 fully saturated rings. The van der Waals surface area contributed by atoms with Crippen molar-refractivity contribution in [3.63, 3.8) is 0 Å². The topological polar surface area (TPSA) is 12.5 Å². The predicted octanol–water partition coefficient (Wildman–Crippen LogP) is 1.73. The van der Waals surface area contributed by atoms with Crippen LogP contribution in [-0.4, -0.2) is 12.5 Å². The van der Waals surface area contributed by atoms with Crippen LogP contribution >= 0.6 is 0 Å². The average Bonchev–Trinajstić information content (AvgIpc) is 2.13. The van der Waals surface area contributed by atoms with E-state index in [2.05, 4.69) is 4.74 Å². The largest absolute Gasteiger partial charge is 0.336 e. The Morgan fingerprint density at radius 1 is 1.38 bits per heavy atom. The van der Waals surface area contributed by atoms with E-state index in [4.69, 9.17) is 0 Å². The molecular formula is C6H11FO. The number of hydrogen-bond acceptors (Lipinski definition) is 1. The molecule has 1 saturated heterocycles. The first kappa shape index (κ1) is 6.02. The zero-order chi connectivity index (χ0) is 6.36. The summed E-state index contributed by atoms with van der Waals surface area (Å²) in [4.78, 5) is 0. The molecule has 0 bridgehead atoms. The van der Waals surface area contributed by atoms with Gasteiger partial charge < -0.3 is 4.74 Å². The van der Waals surface area contributed by atoms with Gasteiger partial charge in [0.15, 0.2) is 0 Å². The van der Waals surface area contributed by atoms with Crippen LogP contribution in [-0.2, 0) is 4.74 Å². The van der Waals surface area contributed by atoms with Crippen molar-refractivity contribution < 1.29 is 9.13 Å². The molecule has 2 unspecified atom stereocenters. The van der Waals surface area contributed by atoms with Crippen LogP contribution in [0.2, 0.25) is 0 Å². The van der Waals surface area contributed by atoms with E-state index in [1.54, 1.807) is 0 Å². The Hall–Kier alpha value is -0.110. The summed E-state index contributed by atoms with van der Waals surface area (Å²) < 4.78 is 16.7. The van der Waals surface area contributed by atoms with Crippen molar-refractivity contribution in [1.29, 1.82) is 0 Å². The Balaban J connectivity index is 2.39. The van der Waals surface area contributed by atoms with E-state index in [0.29, 0.717) is 0 Å². The summed E-state index contributed by atoms with van der Waals surface area (Å²) in [5.41, 5.74) is -0.0145. The highest BCUT2D eigenvalue weighted by molar-refractivity contribution is 4.86. The lowest BCUT2D eigenvalue weighted by atomic mass is 9.92. The number of alkyl halides is 1. The van der Waals surface area contributed by atoms with Gasteiger partial charge in [-0.15, -0.1) is 0 Å². The first-order chi connectivity index (χ1) is 3.52. The molecule has 1 aliphatic rings. The van der Waals surface area contributed by atoms with Crippen LogP contribution in [0.5, 0.6) is 0 Å². The summed E-state index contributed by atoms with van der Waals surface area (Å²) in [6.07, 6.45) is -1.14. The fraction of sp³-hybridized carbons (Fsp3) is 1.00. The van der Waals surface area contributed by atoms with Gasteiger partial charge in [0.05, 0.1) is 0 Å². The molecular weight excluding hydrogens is 107 g/mol. The molecule has 2 atom stereocenters. The second-order valence-corrected chi connectivity index (χ2v) is 3.27. The highest BCUT2D eigenvalue weighted by Gasteiger charge is 2.47. The van der Waals surface area contributed by atoms with Gasteiger partial charge in [0, 0.05) is 0 Å². The summed E-state index contributed by atoms with van der Waals surface area (Å²) in [7, 11) is 0. The molecule has 0 N–H and O–H groups in total. The molecule has 0 aromatic carbocycles. The zero-order valence-corrected chi connectivity index (χ0v) is 5.44. The van der Waals surface area contributed by atoms with E-state index in [-0.39, 0.29) is 11.5 Å². The fourth-order valence-electron chi connectivity index (χ4n) is 0.692. The molecule has 0 aliphatic carbocycles. The Morgan fingerprint density at radius 3 is 1.75 bits per heavy atom. The minimum Gasteiger partial charge on any atom is -0.336 e. The maximum atomic E-state index is 12.0. The standard InChI is InChI=1S/C6H11FO/c1-6(2,3)4-5(7)8-4/h4-5H,1-3H3. The Kier molecular flexibility index (Phi) is 1.08. The smallest absolute Gasteiger partial charge is 0.226 e. The molecule has 1 aliphatic heterocycles. The minimum atomic E-state index is -0.991. The van der Waals surface area contributed by atoms with Crippen molar-refractivity contribution in [2.24, 2.45) is 5.41 Å². The number of epoxide rings is 1. The normalized spacial score (nSPS) is 37.5. The molecule has 48 valence electrons. The summed E-state index contributed by atoms with van der Waals surface area (Å²) in [5.74, 6) is 0. The summed E-state index contributed by atoms with van der Waals surface area (Å²) in [5, 5.41) is 0. The van der Waals surface area contributed by atoms with E-state index in [1.165, 1.54) is 0 Å². The van der Waals surface area contributed by atoms with Crippen LogP contribution in [0.15, 0.2) is 0 Å². The number of ether oxygens (including phenoxy) is 1. The SMILES string of the molecule is CC(C)(C)C1OC1F. The zero-order valence-electron chi connectivity index (χ0n) is 5.44. The summed E-state index contributed by atoms with van der Waals surface area (Å²) in [6.45, 7) is 5.91. The third kappa shape index (κ3) is 0.996. The Labute approximate surface area is 48.8 Å². The maximum absolute atomic E-state index is 12.0. The molecule has 2 heteroatoms. The van der Waals surface area contributed by atoms with Crippen molar-refractivity contribution in [2.45, 2.75) is 33.2 Å². The quantitative estimate of drug-likeness (QED) is 0.441. The van der Waals surface area contributed by atoms with E-state index in [1.807, 2.05) is 20.8 Å².